The van der Waals surface area contributed by atoms with Gasteiger partial charge in [0.15, 0.2) is 24.1 Å². The molecule has 12 nitrogen and oxygen atoms in total. The number of aromatic nitrogens is 3. The first-order valence-electron chi connectivity index (χ1n) is 8.44. The first kappa shape index (κ1) is 20.7. The lowest BCUT2D eigenvalue weighted by Crippen LogP contribution is -2.41. The van der Waals surface area contributed by atoms with Gasteiger partial charge in [-0.25, -0.2) is 4.98 Å². The minimum atomic E-state index is -1.20. The molecule has 0 saturated carbocycles. The molecule has 0 radical (unpaired) electrons. The minimum Gasteiger partial charge on any atom is -0.463 e. The van der Waals surface area contributed by atoms with Crippen LogP contribution in [0, 0.1) is 0 Å². The molecule has 156 valence electrons. The fraction of sp³-hybridized carbons (Fsp3) is 0.500. The lowest BCUT2D eigenvalue weighted by Gasteiger charge is -2.23. The smallest absolute Gasteiger partial charge is 0.311 e. The lowest BCUT2D eigenvalue weighted by atomic mass is 10.1. The van der Waals surface area contributed by atoms with Crippen molar-refractivity contribution in [3.05, 3.63) is 15.9 Å². The van der Waals surface area contributed by atoms with Crippen LogP contribution in [0.3, 0.4) is 0 Å². The zero-order valence-electron chi connectivity index (χ0n) is 15.7. The Balaban J connectivity index is 2.08. The Kier molecular flexibility index (Phi) is 5.79. The third-order valence-corrected chi connectivity index (χ3v) is 4.85. The molecule has 4 atom stereocenters. The lowest BCUT2D eigenvalue weighted by molar-refractivity contribution is -0.166. The molecule has 29 heavy (non-hydrogen) atoms. The third kappa shape index (κ3) is 4.35. The summed E-state index contributed by atoms with van der Waals surface area (Å²) < 4.78 is 23.0. The normalized spacial score (nSPS) is 23.7. The molecule has 0 spiro atoms. The van der Waals surface area contributed by atoms with Crippen molar-refractivity contribution in [1.29, 1.82) is 0 Å². The van der Waals surface area contributed by atoms with E-state index in [0.29, 0.717) is 4.70 Å². The summed E-state index contributed by atoms with van der Waals surface area (Å²) in [5.41, 5.74) is 5.80. The van der Waals surface area contributed by atoms with Gasteiger partial charge < -0.3 is 24.7 Å². The van der Waals surface area contributed by atoms with Crippen LogP contribution in [0.25, 0.3) is 10.3 Å². The Bertz CT molecular complexity index is 1020. The monoisotopic (exact) mass is 426 g/mol. The molecule has 13 heteroatoms. The molecule has 2 aromatic rings. The van der Waals surface area contributed by atoms with Gasteiger partial charge in [-0.15, -0.1) is 0 Å². The maximum absolute atomic E-state index is 12.6. The number of hydrogen-bond donors (Lipinski definition) is 1. The second-order valence-electron chi connectivity index (χ2n) is 6.17. The average Bonchev–Trinajstić information content (AvgIpc) is 3.09. The Morgan fingerprint density at radius 3 is 2.45 bits per heavy atom. The summed E-state index contributed by atoms with van der Waals surface area (Å²) in [6.45, 7) is 3.25. The summed E-state index contributed by atoms with van der Waals surface area (Å²) >= 11 is 0.843. The zero-order chi connectivity index (χ0) is 21.3. The Morgan fingerprint density at radius 2 is 1.83 bits per heavy atom. The largest absolute Gasteiger partial charge is 0.463 e. The van der Waals surface area contributed by atoms with E-state index >= 15 is 0 Å². The number of esters is 3. The highest BCUT2D eigenvalue weighted by molar-refractivity contribution is 7.16. The number of anilines is 1. The van der Waals surface area contributed by atoms with Gasteiger partial charge in [-0.1, -0.05) is 11.3 Å². The van der Waals surface area contributed by atoms with Crippen LogP contribution in [0.15, 0.2) is 11.0 Å². The Morgan fingerprint density at radius 1 is 1.17 bits per heavy atom. The van der Waals surface area contributed by atoms with Crippen molar-refractivity contribution in [2.75, 3.05) is 12.3 Å². The molecule has 3 heterocycles. The molecule has 3 rings (SSSR count). The first-order valence-corrected chi connectivity index (χ1v) is 9.26. The van der Waals surface area contributed by atoms with Crippen LogP contribution in [-0.4, -0.2) is 57.4 Å². The number of carbonyl (C=O) groups is 3. The standard InChI is InChI=1S/C16H18N4O8S/c1-6(21)25-5-9-11(26-7(2)22)12(27-8(3)23)14(28-9)20-13-10(29-16(20)24)4-18-15(17)19-13/h4,9,11-12,14H,5H2,1-3H3,(H2,17,18,19)/t9-,11+,12-,14-/m1/s1. The zero-order valence-corrected chi connectivity index (χ0v) is 16.5. The number of nitrogen functional groups attached to an aromatic ring is 1. The fourth-order valence-corrected chi connectivity index (χ4v) is 3.79. The summed E-state index contributed by atoms with van der Waals surface area (Å²) in [5.74, 6) is -2.01. The second kappa shape index (κ2) is 8.13. The van der Waals surface area contributed by atoms with Gasteiger partial charge in [-0.3, -0.25) is 23.7 Å². The molecule has 0 aliphatic carbocycles. The summed E-state index contributed by atoms with van der Waals surface area (Å²) in [6.07, 6.45) is -3.11. The second-order valence-corrected chi connectivity index (χ2v) is 7.16. The highest BCUT2D eigenvalue weighted by Gasteiger charge is 2.51. The van der Waals surface area contributed by atoms with Crippen molar-refractivity contribution in [2.45, 2.75) is 45.3 Å². The predicted molar refractivity (Wildman–Crippen MR) is 97.7 cm³/mol. The maximum atomic E-state index is 12.6. The van der Waals surface area contributed by atoms with Crippen molar-refractivity contribution < 1.29 is 33.3 Å². The number of carbonyl (C=O) groups excluding carboxylic acids is 3. The van der Waals surface area contributed by atoms with Crippen molar-refractivity contribution in [3.63, 3.8) is 0 Å². The molecular formula is C16H18N4O8S. The molecule has 0 unspecified atom stereocenters. The molecule has 1 aliphatic rings. The van der Waals surface area contributed by atoms with Crippen molar-refractivity contribution in [1.82, 2.24) is 14.5 Å². The fourth-order valence-electron chi connectivity index (χ4n) is 2.97. The summed E-state index contributed by atoms with van der Waals surface area (Å²) in [4.78, 5) is 54.6. The van der Waals surface area contributed by atoms with Crippen LogP contribution >= 0.6 is 11.3 Å². The van der Waals surface area contributed by atoms with Gasteiger partial charge in [0.05, 0.1) is 10.9 Å². The Labute approximate surface area is 167 Å². The van der Waals surface area contributed by atoms with Gasteiger partial charge in [0.25, 0.3) is 0 Å². The molecule has 2 N–H and O–H groups in total. The van der Waals surface area contributed by atoms with E-state index in [4.69, 9.17) is 24.7 Å². The number of ether oxygens (including phenoxy) is 4. The van der Waals surface area contributed by atoms with Crippen molar-refractivity contribution in [3.8, 4) is 0 Å². The van der Waals surface area contributed by atoms with Crippen molar-refractivity contribution in [2.24, 2.45) is 0 Å². The minimum absolute atomic E-state index is 0.0703. The van der Waals surface area contributed by atoms with E-state index in [9.17, 15) is 19.2 Å². The van der Waals surface area contributed by atoms with E-state index in [-0.39, 0.29) is 18.2 Å². The SMILES string of the molecule is CC(=O)OC[C@H]1O[C@@H](n2c(=O)sc3cnc(N)nc32)[C@H](OC(C)=O)[C@H]1OC(C)=O. The number of thiazole rings is 1. The van der Waals surface area contributed by atoms with Gasteiger partial charge in [-0.2, -0.15) is 4.98 Å². The third-order valence-electron chi connectivity index (χ3n) is 3.97. The predicted octanol–water partition coefficient (Wildman–Crippen LogP) is -0.241. The van der Waals surface area contributed by atoms with E-state index < -0.39 is 47.3 Å². The summed E-state index contributed by atoms with van der Waals surface area (Å²) in [5, 5.41) is 0. The maximum Gasteiger partial charge on any atom is 0.311 e. The summed E-state index contributed by atoms with van der Waals surface area (Å²) in [7, 11) is 0. The Hall–Kier alpha value is -3.06. The highest BCUT2D eigenvalue weighted by Crippen LogP contribution is 2.35. The highest BCUT2D eigenvalue weighted by atomic mass is 32.1. The van der Waals surface area contributed by atoms with Gasteiger partial charge >= 0.3 is 22.8 Å². The number of hydrogen-bond acceptors (Lipinski definition) is 12. The molecule has 0 amide bonds. The number of nitrogens with zero attached hydrogens (tertiary/aromatic N) is 3. The molecule has 1 aliphatic heterocycles. The molecule has 1 saturated heterocycles. The van der Waals surface area contributed by atoms with E-state index in [1.54, 1.807) is 0 Å². The van der Waals surface area contributed by atoms with Crippen LogP contribution in [0.4, 0.5) is 5.95 Å². The van der Waals surface area contributed by atoms with Crippen LogP contribution in [0.5, 0.6) is 0 Å². The summed E-state index contributed by atoms with van der Waals surface area (Å²) in [6, 6.07) is 0. The van der Waals surface area contributed by atoms with E-state index in [1.807, 2.05) is 0 Å². The molecule has 1 fully saturated rings. The number of rotatable bonds is 5. The van der Waals surface area contributed by atoms with Crippen molar-refractivity contribution >= 4 is 45.5 Å². The number of nitrogens with two attached hydrogens (primary N) is 1. The van der Waals surface area contributed by atoms with Gasteiger partial charge in [0.1, 0.15) is 12.7 Å². The van der Waals surface area contributed by atoms with Gasteiger partial charge in [0.2, 0.25) is 5.95 Å². The molecule has 0 bridgehead atoms. The molecular weight excluding hydrogens is 408 g/mol. The van der Waals surface area contributed by atoms with Crippen LogP contribution in [-0.2, 0) is 33.3 Å². The van der Waals surface area contributed by atoms with Crippen LogP contribution < -0.4 is 10.6 Å². The van der Waals surface area contributed by atoms with E-state index in [1.165, 1.54) is 20.0 Å². The quantitative estimate of drug-likeness (QED) is 0.496. The van der Waals surface area contributed by atoms with E-state index in [2.05, 4.69) is 9.97 Å². The van der Waals surface area contributed by atoms with Gasteiger partial charge in [0, 0.05) is 20.8 Å². The molecule has 2 aromatic heterocycles. The topological polar surface area (TPSA) is 162 Å². The van der Waals surface area contributed by atoms with Gasteiger partial charge in [-0.05, 0) is 0 Å². The first-order chi connectivity index (χ1) is 13.7. The molecule has 0 aromatic carbocycles. The van der Waals surface area contributed by atoms with Crippen LogP contribution in [0.2, 0.25) is 0 Å². The van der Waals surface area contributed by atoms with Crippen LogP contribution in [0.1, 0.15) is 27.0 Å². The van der Waals surface area contributed by atoms with E-state index in [0.717, 1.165) is 22.8 Å². The number of fused-ring (bicyclic) bond motifs is 1. The average molecular weight is 426 g/mol.